The van der Waals surface area contributed by atoms with Crippen molar-refractivity contribution in [2.45, 2.75) is 32.7 Å². The summed E-state index contributed by atoms with van der Waals surface area (Å²) >= 11 is 6.11. The third-order valence-corrected chi connectivity index (χ3v) is 4.86. The summed E-state index contributed by atoms with van der Waals surface area (Å²) in [4.78, 5) is 0. The number of allylic oxidation sites excluding steroid dienone is 2. The van der Waals surface area contributed by atoms with E-state index >= 15 is 0 Å². The number of rotatable bonds is 4. The molecule has 3 heteroatoms. The number of fused-ring (bicyclic) bond motifs is 1. The van der Waals surface area contributed by atoms with Crippen molar-refractivity contribution < 1.29 is 0 Å². The van der Waals surface area contributed by atoms with Gasteiger partial charge in [-0.15, -0.1) is 0 Å². The summed E-state index contributed by atoms with van der Waals surface area (Å²) in [6.45, 7) is 6.49. The molecule has 0 aliphatic carbocycles. The Kier molecular flexibility index (Phi) is 4.42. The van der Waals surface area contributed by atoms with E-state index in [2.05, 4.69) is 61.9 Å². The topological polar surface area (TPSA) is 30.9 Å². The molecule has 0 aliphatic heterocycles. The van der Waals surface area contributed by atoms with Gasteiger partial charge >= 0.3 is 0 Å². The second kappa shape index (κ2) is 6.37. The molecule has 1 atom stereocenters. The van der Waals surface area contributed by atoms with Crippen LogP contribution in [-0.2, 0) is 5.54 Å². The molecule has 0 spiro atoms. The Hall–Kier alpha value is -2.19. The van der Waals surface area contributed by atoms with Gasteiger partial charge in [-0.2, -0.15) is 0 Å². The first-order chi connectivity index (χ1) is 11.5. The van der Waals surface area contributed by atoms with Gasteiger partial charge in [0, 0.05) is 22.3 Å². The molecule has 2 N–H and O–H groups in total. The van der Waals surface area contributed by atoms with Crippen molar-refractivity contribution in [1.29, 1.82) is 0 Å². The highest BCUT2D eigenvalue weighted by Gasteiger charge is 2.31. The molecule has 24 heavy (non-hydrogen) atoms. The Morgan fingerprint density at radius 3 is 2.46 bits per heavy atom. The Labute approximate surface area is 148 Å². The molecule has 1 heterocycles. The molecular formula is C21H23ClN2. The molecule has 0 saturated carbocycles. The molecule has 2 nitrogen and oxygen atoms in total. The lowest BCUT2D eigenvalue weighted by Crippen LogP contribution is -2.32. The molecule has 0 amide bonds. The maximum absolute atomic E-state index is 6.17. The third kappa shape index (κ3) is 2.71. The first kappa shape index (κ1) is 16.7. The highest BCUT2D eigenvalue weighted by Crippen LogP contribution is 2.37. The first-order valence-electron chi connectivity index (χ1n) is 8.26. The van der Waals surface area contributed by atoms with Crippen LogP contribution in [0.1, 0.15) is 32.8 Å². The lowest BCUT2D eigenvalue weighted by atomic mass is 9.85. The number of aromatic nitrogens is 1. The SMILES string of the molecule is CCC(C=C(C)C)(c1ccc(Cl)cc1)n1ccc2c(N)cccc21. The fraction of sp³-hybridized carbons (Fsp3) is 0.238. The van der Waals surface area contributed by atoms with Crippen molar-refractivity contribution in [3.63, 3.8) is 0 Å². The van der Waals surface area contributed by atoms with Crippen molar-refractivity contribution in [3.8, 4) is 0 Å². The van der Waals surface area contributed by atoms with Gasteiger partial charge in [0.1, 0.15) is 0 Å². The fourth-order valence-electron chi connectivity index (χ4n) is 3.52. The average molecular weight is 339 g/mol. The lowest BCUT2D eigenvalue weighted by Gasteiger charge is -2.34. The summed E-state index contributed by atoms with van der Waals surface area (Å²) in [5.74, 6) is 0. The lowest BCUT2D eigenvalue weighted by molar-refractivity contribution is 0.444. The molecular weight excluding hydrogens is 316 g/mol. The minimum atomic E-state index is -0.265. The number of hydrogen-bond donors (Lipinski definition) is 1. The first-order valence-corrected chi connectivity index (χ1v) is 8.64. The van der Waals surface area contributed by atoms with Gasteiger partial charge in [0.2, 0.25) is 0 Å². The quantitative estimate of drug-likeness (QED) is 0.459. The van der Waals surface area contributed by atoms with Crippen LogP contribution in [0.15, 0.2) is 66.4 Å². The van der Waals surface area contributed by atoms with E-state index in [4.69, 9.17) is 17.3 Å². The van der Waals surface area contributed by atoms with Gasteiger partial charge in [-0.25, -0.2) is 0 Å². The molecule has 0 saturated heterocycles. The molecule has 1 aromatic heterocycles. The Morgan fingerprint density at radius 1 is 1.12 bits per heavy atom. The molecule has 0 fully saturated rings. The van der Waals surface area contributed by atoms with Crippen molar-refractivity contribution in [2.24, 2.45) is 0 Å². The van der Waals surface area contributed by atoms with E-state index in [9.17, 15) is 0 Å². The van der Waals surface area contributed by atoms with Gasteiger partial charge < -0.3 is 10.3 Å². The maximum Gasteiger partial charge on any atom is 0.0880 e. The molecule has 1 unspecified atom stereocenters. The summed E-state index contributed by atoms with van der Waals surface area (Å²) in [7, 11) is 0. The predicted molar refractivity (Wildman–Crippen MR) is 105 cm³/mol. The predicted octanol–water partition coefficient (Wildman–Crippen LogP) is 6.00. The van der Waals surface area contributed by atoms with E-state index in [1.165, 1.54) is 11.1 Å². The average Bonchev–Trinajstić information content (AvgIpc) is 2.99. The van der Waals surface area contributed by atoms with E-state index in [0.29, 0.717) is 0 Å². The molecule has 0 bridgehead atoms. The summed E-state index contributed by atoms with van der Waals surface area (Å²) in [5.41, 5.74) is 10.3. The van der Waals surface area contributed by atoms with E-state index in [0.717, 1.165) is 28.0 Å². The van der Waals surface area contributed by atoms with Crippen molar-refractivity contribution in [3.05, 3.63) is 77.0 Å². The second-order valence-electron chi connectivity index (χ2n) is 6.47. The normalized spacial score (nSPS) is 13.7. The summed E-state index contributed by atoms with van der Waals surface area (Å²) in [5, 5.41) is 1.84. The van der Waals surface area contributed by atoms with Crippen molar-refractivity contribution in [1.82, 2.24) is 4.57 Å². The standard InChI is InChI=1S/C21H23ClN2/c1-4-21(14-15(2)3,16-8-10-17(22)11-9-16)24-13-12-18-19(23)6-5-7-20(18)24/h5-14H,4,23H2,1-3H3. The van der Waals surface area contributed by atoms with Crippen LogP contribution < -0.4 is 5.73 Å². The van der Waals surface area contributed by atoms with Gasteiger partial charge in [-0.3, -0.25) is 0 Å². The fourth-order valence-corrected chi connectivity index (χ4v) is 3.65. The Morgan fingerprint density at radius 2 is 1.83 bits per heavy atom. The number of hydrogen-bond acceptors (Lipinski definition) is 1. The van der Waals surface area contributed by atoms with E-state index < -0.39 is 0 Å². The minimum Gasteiger partial charge on any atom is -0.398 e. The van der Waals surface area contributed by atoms with Crippen LogP contribution in [0, 0.1) is 0 Å². The smallest absolute Gasteiger partial charge is 0.0880 e. The number of benzene rings is 2. The number of nitrogens with zero attached hydrogens (tertiary/aromatic N) is 1. The molecule has 2 aromatic carbocycles. The molecule has 0 radical (unpaired) electrons. The van der Waals surface area contributed by atoms with E-state index in [1.807, 2.05) is 24.3 Å². The zero-order valence-corrected chi connectivity index (χ0v) is 15.1. The van der Waals surface area contributed by atoms with Crippen LogP contribution in [0.25, 0.3) is 10.9 Å². The zero-order valence-electron chi connectivity index (χ0n) is 14.4. The van der Waals surface area contributed by atoms with Crippen LogP contribution in [0.3, 0.4) is 0 Å². The van der Waals surface area contributed by atoms with E-state index in [1.54, 1.807) is 0 Å². The highest BCUT2D eigenvalue weighted by molar-refractivity contribution is 6.30. The maximum atomic E-state index is 6.17. The third-order valence-electron chi connectivity index (χ3n) is 4.61. The minimum absolute atomic E-state index is 0.265. The van der Waals surface area contributed by atoms with Gasteiger partial charge in [0.05, 0.1) is 11.1 Å². The molecule has 3 rings (SSSR count). The van der Waals surface area contributed by atoms with Crippen LogP contribution in [0.2, 0.25) is 5.02 Å². The molecule has 0 aliphatic rings. The summed E-state index contributed by atoms with van der Waals surface area (Å²) < 4.78 is 2.33. The Balaban J connectivity index is 2.33. The zero-order chi connectivity index (χ0) is 17.3. The van der Waals surface area contributed by atoms with Crippen molar-refractivity contribution in [2.75, 3.05) is 5.73 Å². The van der Waals surface area contributed by atoms with Crippen LogP contribution in [0.5, 0.6) is 0 Å². The monoisotopic (exact) mass is 338 g/mol. The van der Waals surface area contributed by atoms with Gasteiger partial charge in [0.15, 0.2) is 0 Å². The van der Waals surface area contributed by atoms with Gasteiger partial charge in [-0.1, -0.05) is 48.4 Å². The van der Waals surface area contributed by atoms with Crippen LogP contribution in [0.4, 0.5) is 5.69 Å². The number of anilines is 1. The number of nitrogen functional groups attached to an aromatic ring is 1. The highest BCUT2D eigenvalue weighted by atomic mass is 35.5. The van der Waals surface area contributed by atoms with E-state index in [-0.39, 0.29) is 5.54 Å². The van der Waals surface area contributed by atoms with Crippen molar-refractivity contribution >= 4 is 28.2 Å². The summed E-state index contributed by atoms with van der Waals surface area (Å²) in [6, 6.07) is 16.3. The molecule has 3 aromatic rings. The van der Waals surface area contributed by atoms with Gasteiger partial charge in [0.25, 0.3) is 0 Å². The summed E-state index contributed by atoms with van der Waals surface area (Å²) in [6.07, 6.45) is 5.40. The number of halogens is 1. The second-order valence-corrected chi connectivity index (χ2v) is 6.91. The Bertz CT molecular complexity index is 886. The van der Waals surface area contributed by atoms with Crippen LogP contribution in [-0.4, -0.2) is 4.57 Å². The number of nitrogens with two attached hydrogens (primary N) is 1. The molecule has 124 valence electrons. The largest absolute Gasteiger partial charge is 0.398 e. The van der Waals surface area contributed by atoms with Crippen LogP contribution >= 0.6 is 11.6 Å². The van der Waals surface area contributed by atoms with Gasteiger partial charge in [-0.05, 0) is 56.2 Å².